The molecule has 5 aromatic carbocycles. The number of aromatic hydroxyl groups is 2. The van der Waals surface area contributed by atoms with Crippen molar-refractivity contribution in [2.75, 3.05) is 0 Å². The fourth-order valence-corrected chi connectivity index (χ4v) is 7.04. The van der Waals surface area contributed by atoms with Gasteiger partial charge in [-0.1, -0.05) is 86.6 Å². The van der Waals surface area contributed by atoms with E-state index in [1.54, 1.807) is 48.5 Å². The molecule has 2 N–H and O–H groups in total. The Morgan fingerprint density at radius 2 is 0.531 bits per heavy atom. The quantitative estimate of drug-likeness (QED) is 0.146. The zero-order valence-corrected chi connectivity index (χ0v) is 36.9. The predicted molar refractivity (Wildman–Crippen MR) is 241 cm³/mol. The highest BCUT2D eigenvalue weighted by molar-refractivity contribution is 5.73. The molecule has 0 amide bonds. The molecule has 0 saturated heterocycles. The van der Waals surface area contributed by atoms with Crippen LogP contribution in [0.15, 0.2) is 121 Å². The Morgan fingerprint density at radius 3 is 0.766 bits per heavy atom. The maximum Gasteiger partial charge on any atom is 0.251 e. The van der Waals surface area contributed by atoms with Crippen LogP contribution in [0.25, 0.3) is 91.6 Å². The van der Waals surface area contributed by atoms with Crippen molar-refractivity contribution in [2.24, 2.45) is 0 Å². The molecule has 0 aliphatic rings. The summed E-state index contributed by atoms with van der Waals surface area (Å²) >= 11 is 0. The fourth-order valence-electron chi connectivity index (χ4n) is 7.04. The van der Waals surface area contributed by atoms with Gasteiger partial charge in [0.05, 0.1) is 11.1 Å². The molecule has 9 aromatic rings. The summed E-state index contributed by atoms with van der Waals surface area (Å²) < 4.78 is 25.1. The van der Waals surface area contributed by atoms with Crippen molar-refractivity contribution in [3.05, 3.63) is 120 Å². The van der Waals surface area contributed by atoms with Crippen LogP contribution in [0, 0.1) is 0 Å². The lowest BCUT2D eigenvalue weighted by atomic mass is 9.85. The minimum atomic E-state index is -0.277. The van der Waals surface area contributed by atoms with E-state index in [0.717, 1.165) is 16.7 Å². The van der Waals surface area contributed by atoms with Crippen LogP contribution >= 0.6 is 0 Å². The normalized spacial score (nSPS) is 12.3. The van der Waals surface area contributed by atoms with Gasteiger partial charge in [-0.3, -0.25) is 0 Å². The van der Waals surface area contributed by atoms with Crippen molar-refractivity contribution >= 4 is 0 Å². The minimum absolute atomic E-state index is 0.0429. The van der Waals surface area contributed by atoms with Crippen molar-refractivity contribution in [2.45, 2.75) is 78.6 Å². The van der Waals surface area contributed by atoms with Gasteiger partial charge >= 0.3 is 0 Å². The maximum atomic E-state index is 10.4. The molecule has 4 heterocycles. The summed E-state index contributed by atoms with van der Waals surface area (Å²) in [6, 6.07) is 31.4. The largest absolute Gasteiger partial charge is 0.507 e. The van der Waals surface area contributed by atoms with Crippen molar-refractivity contribution in [3.63, 3.8) is 0 Å². The van der Waals surface area contributed by atoms with E-state index in [2.05, 4.69) is 103 Å². The zero-order valence-electron chi connectivity index (χ0n) is 36.9. The molecule has 4 aromatic heterocycles. The Labute approximate surface area is 369 Å². The van der Waals surface area contributed by atoms with Gasteiger partial charge in [0.1, 0.15) is 11.5 Å². The summed E-state index contributed by atoms with van der Waals surface area (Å²) in [4.78, 5) is 0. The molecule has 0 unspecified atom stereocenters. The van der Waals surface area contributed by atoms with Crippen molar-refractivity contribution in [1.82, 2.24) is 40.8 Å². The molecule has 0 aliphatic carbocycles. The van der Waals surface area contributed by atoms with Gasteiger partial charge in [-0.2, -0.15) is 0 Å². The Morgan fingerprint density at radius 1 is 0.312 bits per heavy atom. The third kappa shape index (κ3) is 8.29. The SMILES string of the molecule is CC(C)(C)c1cc(-c2nnc(-c3cc(-c4nnc(-c5ccccc5O)o4)cc(C(C)(C)C)c3)o2)cc(-c2nnc(-c3cc(-c4nnc(-c5ccccc5O)o4)cc(C(C)(C)C)c3)o2)c1. The molecular formula is C50H46N8O6. The summed E-state index contributed by atoms with van der Waals surface area (Å²) in [5, 5.41) is 56.0. The molecule has 0 spiro atoms. The van der Waals surface area contributed by atoms with Crippen LogP contribution in [0.4, 0.5) is 0 Å². The Balaban J connectivity index is 1.07. The molecule has 0 fully saturated rings. The third-order valence-corrected chi connectivity index (χ3v) is 10.8. The van der Waals surface area contributed by atoms with E-state index in [4.69, 9.17) is 17.7 Å². The summed E-state index contributed by atoms with van der Waals surface area (Å²) in [6.45, 7) is 19.0. The third-order valence-electron chi connectivity index (χ3n) is 10.8. The number of phenolic OH excluding ortho intramolecular Hbond substituents is 2. The molecule has 14 nitrogen and oxygen atoms in total. The number of hydrogen-bond acceptors (Lipinski definition) is 14. The van der Waals surface area contributed by atoms with Gasteiger partial charge in [-0.25, -0.2) is 0 Å². The molecule has 9 rings (SSSR count). The van der Waals surface area contributed by atoms with Gasteiger partial charge < -0.3 is 27.9 Å². The molecule has 0 radical (unpaired) electrons. The summed E-state index contributed by atoms with van der Waals surface area (Å²) in [5.74, 6) is 2.24. The number of nitrogens with zero attached hydrogens (tertiary/aromatic N) is 8. The molecule has 0 atom stereocenters. The van der Waals surface area contributed by atoms with Crippen LogP contribution in [-0.4, -0.2) is 51.0 Å². The highest BCUT2D eigenvalue weighted by atomic mass is 16.4. The molecule has 14 heteroatoms. The van der Waals surface area contributed by atoms with Gasteiger partial charge in [0.25, 0.3) is 11.8 Å². The number of rotatable bonds is 8. The van der Waals surface area contributed by atoms with E-state index >= 15 is 0 Å². The molecule has 0 aliphatic heterocycles. The van der Waals surface area contributed by atoms with Crippen LogP contribution in [0.1, 0.15) is 79.0 Å². The molecule has 322 valence electrons. The lowest BCUT2D eigenvalue weighted by molar-refractivity contribution is 0.472. The zero-order chi connectivity index (χ0) is 45.1. The minimum Gasteiger partial charge on any atom is -0.507 e. The van der Waals surface area contributed by atoms with Crippen LogP contribution in [0.3, 0.4) is 0 Å². The second-order valence-corrected chi connectivity index (χ2v) is 18.8. The summed E-state index contributed by atoms with van der Waals surface area (Å²) in [5.41, 5.74) is 7.06. The van der Waals surface area contributed by atoms with Crippen molar-refractivity contribution in [1.29, 1.82) is 0 Å². The number of benzene rings is 5. The lowest BCUT2D eigenvalue weighted by Crippen LogP contribution is -2.11. The number of hydrogen-bond donors (Lipinski definition) is 2. The average Bonchev–Trinajstić information content (AvgIpc) is 4.11. The van der Waals surface area contributed by atoms with Crippen LogP contribution in [0.5, 0.6) is 11.5 Å². The Kier molecular flexibility index (Phi) is 10.1. The van der Waals surface area contributed by atoms with Crippen LogP contribution in [-0.2, 0) is 16.2 Å². The molecule has 0 bridgehead atoms. The first-order valence-electron chi connectivity index (χ1n) is 20.8. The van der Waals surface area contributed by atoms with E-state index < -0.39 is 0 Å². The monoisotopic (exact) mass is 854 g/mol. The number of aromatic nitrogens is 8. The van der Waals surface area contributed by atoms with Crippen molar-refractivity contribution in [3.8, 4) is 103 Å². The predicted octanol–water partition coefficient (Wildman–Crippen LogP) is 11.9. The first-order valence-corrected chi connectivity index (χ1v) is 20.8. The maximum absolute atomic E-state index is 10.4. The number of phenols is 2. The first kappa shape index (κ1) is 41.6. The summed E-state index contributed by atoms with van der Waals surface area (Å²) in [7, 11) is 0. The standard InChI is InChI=1S/C50H46N8O6/c1-48(2,3)33-21-27(40-51-53-42(61-40)29-19-31(25-34(23-29)49(4,5)6)44-55-57-46(63-44)36-14-10-12-16-38(36)59)18-28(22-33)41-52-54-43(62-41)30-20-32(26-35(24-30)50(7,8)9)45-56-58-47(64-45)37-15-11-13-17-39(37)60/h10-26,59-60H,1-9H3. The van der Waals surface area contributed by atoms with E-state index in [1.165, 1.54) is 0 Å². The molecular weight excluding hydrogens is 809 g/mol. The van der Waals surface area contributed by atoms with Crippen molar-refractivity contribution < 1.29 is 27.9 Å². The topological polar surface area (TPSA) is 196 Å². The van der Waals surface area contributed by atoms with Gasteiger partial charge in [0, 0.05) is 33.4 Å². The van der Waals surface area contributed by atoms with E-state index in [0.29, 0.717) is 68.1 Å². The second kappa shape index (κ2) is 15.6. The van der Waals surface area contributed by atoms with Gasteiger partial charge in [0.2, 0.25) is 35.3 Å². The highest BCUT2D eigenvalue weighted by Crippen LogP contribution is 2.40. The second-order valence-electron chi connectivity index (χ2n) is 18.8. The lowest BCUT2D eigenvalue weighted by Gasteiger charge is -2.20. The van der Waals surface area contributed by atoms with Gasteiger partial charge in [-0.15, -0.1) is 40.8 Å². The smallest absolute Gasteiger partial charge is 0.251 e. The van der Waals surface area contributed by atoms with Gasteiger partial charge in [-0.05, 0) is 112 Å². The first-order chi connectivity index (χ1) is 30.4. The highest BCUT2D eigenvalue weighted by Gasteiger charge is 2.26. The Bertz CT molecular complexity index is 2970. The van der Waals surface area contributed by atoms with E-state index in [9.17, 15) is 10.2 Å². The number of para-hydroxylation sites is 2. The average molecular weight is 855 g/mol. The fraction of sp³-hybridized carbons (Fsp3) is 0.240. The van der Waals surface area contributed by atoms with E-state index in [-0.39, 0.29) is 51.3 Å². The molecule has 0 saturated carbocycles. The van der Waals surface area contributed by atoms with E-state index in [1.807, 2.05) is 54.6 Å². The molecule has 64 heavy (non-hydrogen) atoms. The van der Waals surface area contributed by atoms with Gasteiger partial charge in [0.15, 0.2) is 0 Å². The van der Waals surface area contributed by atoms with Crippen LogP contribution < -0.4 is 0 Å². The Hall–Kier alpha value is -7.74. The van der Waals surface area contributed by atoms with Crippen LogP contribution in [0.2, 0.25) is 0 Å². The summed E-state index contributed by atoms with van der Waals surface area (Å²) in [6.07, 6.45) is 0.